The molecular formula is C16H14N2O2S. The van der Waals surface area contributed by atoms with E-state index in [4.69, 9.17) is 10.5 Å². The van der Waals surface area contributed by atoms with Crippen LogP contribution in [0.5, 0.6) is 5.75 Å². The van der Waals surface area contributed by atoms with Crippen LogP contribution in [-0.2, 0) is 11.2 Å². The smallest absolute Gasteiger partial charge is 0.255 e. The number of fused-ring (bicyclic) bond motifs is 1. The van der Waals surface area contributed by atoms with Crippen molar-refractivity contribution in [1.82, 2.24) is 4.98 Å². The summed E-state index contributed by atoms with van der Waals surface area (Å²) >= 11 is 1.33. The van der Waals surface area contributed by atoms with Crippen LogP contribution in [0.2, 0.25) is 0 Å². The molecule has 1 aromatic heterocycles. The molecule has 0 atom stereocenters. The van der Waals surface area contributed by atoms with Gasteiger partial charge in [-0.3, -0.25) is 4.79 Å². The number of hydrogen-bond donors (Lipinski definition) is 1. The lowest BCUT2D eigenvalue weighted by atomic mass is 9.97. The Kier molecular flexibility index (Phi) is 3.66. The highest BCUT2D eigenvalue weighted by atomic mass is 32.2. The molecule has 106 valence electrons. The van der Waals surface area contributed by atoms with Gasteiger partial charge in [0.2, 0.25) is 0 Å². The molecule has 2 N–H and O–H groups in total. The van der Waals surface area contributed by atoms with Crippen LogP contribution in [0.3, 0.4) is 0 Å². The second kappa shape index (κ2) is 5.61. The maximum absolute atomic E-state index is 11.8. The second-order valence-electron chi connectivity index (χ2n) is 4.65. The number of nitrogens with two attached hydrogens (primary N) is 1. The van der Waals surface area contributed by atoms with E-state index >= 15 is 0 Å². The second-order valence-corrected chi connectivity index (χ2v) is 5.65. The third-order valence-electron chi connectivity index (χ3n) is 3.33. The molecule has 3 rings (SSSR count). The fourth-order valence-electron chi connectivity index (χ4n) is 2.32. The van der Waals surface area contributed by atoms with E-state index in [9.17, 15) is 4.79 Å². The summed E-state index contributed by atoms with van der Waals surface area (Å²) in [5.41, 5.74) is 8.52. The van der Waals surface area contributed by atoms with E-state index in [1.807, 2.05) is 36.4 Å². The van der Waals surface area contributed by atoms with Gasteiger partial charge in [-0.2, -0.15) is 0 Å². The Bertz CT molecular complexity index is 741. The van der Waals surface area contributed by atoms with Crippen molar-refractivity contribution in [3.8, 4) is 5.75 Å². The highest BCUT2D eigenvalue weighted by Crippen LogP contribution is 2.41. The Morgan fingerprint density at radius 3 is 2.95 bits per heavy atom. The highest BCUT2D eigenvalue weighted by molar-refractivity contribution is 8.04. The number of allylic oxidation sites excluding steroid dienone is 1. The third kappa shape index (κ3) is 2.64. The predicted octanol–water partition coefficient (Wildman–Crippen LogP) is 2.64. The summed E-state index contributed by atoms with van der Waals surface area (Å²) in [5, 5.41) is 0.845. The van der Waals surface area contributed by atoms with Gasteiger partial charge >= 0.3 is 0 Å². The number of hydrogen-bond acceptors (Lipinski definition) is 4. The van der Waals surface area contributed by atoms with Crippen molar-refractivity contribution in [2.45, 2.75) is 11.4 Å². The number of carbonyl (C=O) groups is 1. The van der Waals surface area contributed by atoms with Crippen molar-refractivity contribution in [1.29, 1.82) is 0 Å². The van der Waals surface area contributed by atoms with Gasteiger partial charge in [0.25, 0.3) is 5.91 Å². The first-order valence-electron chi connectivity index (χ1n) is 6.48. The van der Waals surface area contributed by atoms with Crippen molar-refractivity contribution in [3.05, 3.63) is 58.6 Å². The number of benzene rings is 1. The van der Waals surface area contributed by atoms with E-state index in [-0.39, 0.29) is 0 Å². The third-order valence-corrected chi connectivity index (χ3v) is 4.54. The molecule has 2 aromatic rings. The molecule has 1 aliphatic heterocycles. The Balaban J connectivity index is 2.10. The summed E-state index contributed by atoms with van der Waals surface area (Å²) < 4.78 is 5.25. The number of ether oxygens (including phenoxy) is 1. The SMILES string of the molecule is COc1cccc(C2=C(C(N)=O)Sc3ncccc3C2)c1. The average molecular weight is 298 g/mol. The van der Waals surface area contributed by atoms with Gasteiger partial charge in [0.15, 0.2) is 0 Å². The first kappa shape index (κ1) is 13.7. The molecule has 0 bridgehead atoms. The van der Waals surface area contributed by atoms with Gasteiger partial charge in [-0.25, -0.2) is 4.98 Å². The molecule has 5 heteroatoms. The van der Waals surface area contributed by atoms with Gasteiger partial charge in [0.05, 0.1) is 12.0 Å². The summed E-state index contributed by atoms with van der Waals surface area (Å²) in [7, 11) is 1.62. The topological polar surface area (TPSA) is 65.2 Å². The molecule has 4 nitrogen and oxygen atoms in total. The maximum Gasteiger partial charge on any atom is 0.255 e. The van der Waals surface area contributed by atoms with Crippen LogP contribution in [0, 0.1) is 0 Å². The molecule has 0 aliphatic carbocycles. The molecule has 0 saturated heterocycles. The Labute approximate surface area is 127 Å². The zero-order valence-corrected chi connectivity index (χ0v) is 12.3. The number of nitrogens with zero attached hydrogens (tertiary/aromatic N) is 1. The Morgan fingerprint density at radius 1 is 1.33 bits per heavy atom. The Morgan fingerprint density at radius 2 is 2.19 bits per heavy atom. The number of amides is 1. The lowest BCUT2D eigenvalue weighted by Gasteiger charge is -2.20. The molecule has 0 unspecified atom stereocenters. The van der Waals surface area contributed by atoms with Gasteiger partial charge in [-0.15, -0.1) is 0 Å². The number of thioether (sulfide) groups is 1. The number of methoxy groups -OCH3 is 1. The highest BCUT2D eigenvalue weighted by Gasteiger charge is 2.24. The summed E-state index contributed by atoms with van der Waals surface area (Å²) in [4.78, 5) is 16.6. The number of aromatic nitrogens is 1. The largest absolute Gasteiger partial charge is 0.497 e. The number of primary amides is 1. The molecule has 0 saturated carbocycles. The quantitative estimate of drug-likeness (QED) is 0.946. The standard InChI is InChI=1S/C16H14N2O2S/c1-20-12-6-2-4-10(8-12)13-9-11-5-3-7-18-16(11)21-14(13)15(17)19/h2-8H,9H2,1H3,(H2,17,19). The zero-order chi connectivity index (χ0) is 14.8. The van der Waals surface area contributed by atoms with E-state index < -0.39 is 5.91 Å². The molecule has 2 heterocycles. The summed E-state index contributed by atoms with van der Waals surface area (Å²) in [5.74, 6) is 0.333. The van der Waals surface area contributed by atoms with Gasteiger partial charge in [-0.05, 0) is 34.9 Å². The van der Waals surface area contributed by atoms with Crippen molar-refractivity contribution >= 4 is 23.2 Å². The zero-order valence-electron chi connectivity index (χ0n) is 11.5. The van der Waals surface area contributed by atoms with E-state index in [2.05, 4.69) is 4.98 Å². The Hall–Kier alpha value is -2.27. The van der Waals surface area contributed by atoms with Crippen molar-refractivity contribution in [2.75, 3.05) is 7.11 Å². The maximum atomic E-state index is 11.8. The minimum Gasteiger partial charge on any atom is -0.497 e. The van der Waals surface area contributed by atoms with Crippen LogP contribution >= 0.6 is 11.8 Å². The van der Waals surface area contributed by atoms with Gasteiger partial charge in [0.1, 0.15) is 10.8 Å². The molecule has 1 aliphatic rings. The first-order valence-corrected chi connectivity index (χ1v) is 7.30. The van der Waals surface area contributed by atoms with Gasteiger partial charge < -0.3 is 10.5 Å². The fraction of sp³-hybridized carbons (Fsp3) is 0.125. The fourth-order valence-corrected chi connectivity index (χ4v) is 3.31. The van der Waals surface area contributed by atoms with E-state index in [1.54, 1.807) is 13.3 Å². The van der Waals surface area contributed by atoms with Crippen LogP contribution in [-0.4, -0.2) is 18.0 Å². The minimum absolute atomic E-state index is 0.422. The molecule has 0 spiro atoms. The van der Waals surface area contributed by atoms with E-state index in [1.165, 1.54) is 11.8 Å². The molecule has 21 heavy (non-hydrogen) atoms. The van der Waals surface area contributed by atoms with Crippen molar-refractivity contribution in [2.24, 2.45) is 5.73 Å². The van der Waals surface area contributed by atoms with Crippen LogP contribution < -0.4 is 10.5 Å². The van der Waals surface area contributed by atoms with Crippen LogP contribution in [0.15, 0.2) is 52.5 Å². The summed E-state index contributed by atoms with van der Waals surface area (Å²) in [6.07, 6.45) is 2.36. The number of carbonyl (C=O) groups excluding carboxylic acids is 1. The van der Waals surface area contributed by atoms with Crippen LogP contribution in [0.25, 0.3) is 5.57 Å². The van der Waals surface area contributed by atoms with Crippen LogP contribution in [0.1, 0.15) is 11.1 Å². The normalized spacial score (nSPS) is 13.8. The summed E-state index contributed by atoms with van der Waals surface area (Å²) in [6.45, 7) is 0. The lowest BCUT2D eigenvalue weighted by Crippen LogP contribution is -2.17. The molecule has 0 fully saturated rings. The average Bonchev–Trinajstić information content (AvgIpc) is 2.53. The van der Waals surface area contributed by atoms with Crippen molar-refractivity contribution < 1.29 is 9.53 Å². The minimum atomic E-state index is -0.422. The van der Waals surface area contributed by atoms with Gasteiger partial charge in [0, 0.05) is 12.6 Å². The molecule has 1 amide bonds. The molecule has 1 aromatic carbocycles. The monoisotopic (exact) mass is 298 g/mol. The van der Waals surface area contributed by atoms with Gasteiger partial charge in [-0.1, -0.05) is 30.0 Å². The predicted molar refractivity (Wildman–Crippen MR) is 82.9 cm³/mol. The lowest BCUT2D eigenvalue weighted by molar-refractivity contribution is -0.113. The number of rotatable bonds is 3. The van der Waals surface area contributed by atoms with E-state index in [0.717, 1.165) is 27.5 Å². The van der Waals surface area contributed by atoms with Crippen LogP contribution in [0.4, 0.5) is 0 Å². The summed E-state index contributed by atoms with van der Waals surface area (Å²) in [6, 6.07) is 11.6. The number of pyridine rings is 1. The molecule has 0 radical (unpaired) electrons. The van der Waals surface area contributed by atoms with E-state index in [0.29, 0.717) is 11.3 Å². The van der Waals surface area contributed by atoms with Crippen molar-refractivity contribution in [3.63, 3.8) is 0 Å². The first-order chi connectivity index (χ1) is 10.2. The molecular weight excluding hydrogens is 284 g/mol.